The molecule has 0 bridgehead atoms. The third kappa shape index (κ3) is 7.60. The van der Waals surface area contributed by atoms with Crippen LogP contribution in [-0.4, -0.2) is 34.6 Å². The van der Waals surface area contributed by atoms with Gasteiger partial charge in [-0.3, -0.25) is 9.59 Å². The summed E-state index contributed by atoms with van der Waals surface area (Å²) < 4.78 is 13.4. The van der Waals surface area contributed by atoms with Crippen LogP contribution in [0.25, 0.3) is 0 Å². The summed E-state index contributed by atoms with van der Waals surface area (Å²) in [7, 11) is 0. The molecule has 0 saturated heterocycles. The second-order valence-corrected chi connectivity index (χ2v) is 9.82. The summed E-state index contributed by atoms with van der Waals surface area (Å²) in [4.78, 5) is 28.2. The second-order valence-electron chi connectivity index (χ2n) is 8.83. The number of aryl methyl sites for hydroxylation is 1. The van der Waals surface area contributed by atoms with E-state index in [1.807, 2.05) is 19.1 Å². The Bertz CT molecular complexity index is 913. The fourth-order valence-corrected chi connectivity index (χ4v) is 5.34. The molecule has 0 spiro atoms. The highest BCUT2D eigenvalue weighted by Gasteiger charge is 2.30. The van der Waals surface area contributed by atoms with Gasteiger partial charge in [0.05, 0.1) is 5.75 Å². The van der Waals surface area contributed by atoms with Crippen LogP contribution < -0.4 is 5.32 Å². The van der Waals surface area contributed by atoms with E-state index in [0.29, 0.717) is 18.7 Å². The third-order valence-electron chi connectivity index (χ3n) is 6.35. The maximum atomic E-state index is 13.4. The summed E-state index contributed by atoms with van der Waals surface area (Å²) >= 11 is 1.56. The van der Waals surface area contributed by atoms with Crippen molar-refractivity contribution in [3.05, 3.63) is 71.0 Å². The molecule has 1 saturated carbocycles. The predicted molar refractivity (Wildman–Crippen MR) is 133 cm³/mol. The van der Waals surface area contributed by atoms with Crippen molar-refractivity contribution < 1.29 is 14.0 Å². The van der Waals surface area contributed by atoms with Gasteiger partial charge < -0.3 is 10.2 Å². The Morgan fingerprint density at radius 1 is 1.09 bits per heavy atom. The first-order valence-electron chi connectivity index (χ1n) is 11.9. The van der Waals surface area contributed by atoms with E-state index in [0.717, 1.165) is 37.0 Å². The molecule has 3 rings (SSSR count). The molecule has 1 aliphatic rings. The lowest BCUT2D eigenvalue weighted by Crippen LogP contribution is -2.52. The van der Waals surface area contributed by atoms with Gasteiger partial charge in [0, 0.05) is 18.3 Å². The smallest absolute Gasteiger partial charge is 0.243 e. The topological polar surface area (TPSA) is 49.4 Å². The highest BCUT2D eigenvalue weighted by atomic mass is 32.2. The van der Waals surface area contributed by atoms with Gasteiger partial charge in [-0.15, -0.1) is 11.8 Å². The van der Waals surface area contributed by atoms with Crippen molar-refractivity contribution in [1.82, 2.24) is 10.2 Å². The zero-order valence-corrected chi connectivity index (χ0v) is 20.5. The molecule has 6 heteroatoms. The van der Waals surface area contributed by atoms with Crippen LogP contribution in [0.2, 0.25) is 0 Å². The van der Waals surface area contributed by atoms with Crippen LogP contribution in [-0.2, 0) is 21.9 Å². The first-order valence-corrected chi connectivity index (χ1v) is 13.1. The van der Waals surface area contributed by atoms with Gasteiger partial charge in [-0.2, -0.15) is 0 Å². The average Bonchev–Trinajstić information content (AvgIpc) is 2.82. The van der Waals surface area contributed by atoms with Crippen molar-refractivity contribution in [2.45, 2.75) is 76.8 Å². The Morgan fingerprint density at radius 3 is 2.45 bits per heavy atom. The minimum atomic E-state index is -0.538. The molecule has 178 valence electrons. The quantitative estimate of drug-likeness (QED) is 0.490. The van der Waals surface area contributed by atoms with Crippen LogP contribution in [0.5, 0.6) is 0 Å². The highest BCUT2D eigenvalue weighted by molar-refractivity contribution is 7.99. The van der Waals surface area contributed by atoms with Crippen LogP contribution in [0.4, 0.5) is 4.39 Å². The summed E-state index contributed by atoms with van der Waals surface area (Å²) in [6.45, 7) is 4.30. The molecule has 2 amide bonds. The highest BCUT2D eigenvalue weighted by Crippen LogP contribution is 2.21. The SMILES string of the molecule is CCC(C(=O)NC1CCCCC1)N(Cc1ccc(F)cc1)C(=O)CSCc1ccccc1C. The summed E-state index contributed by atoms with van der Waals surface area (Å²) in [5.74, 6) is 0.580. The van der Waals surface area contributed by atoms with Crippen LogP contribution in [0, 0.1) is 12.7 Å². The summed E-state index contributed by atoms with van der Waals surface area (Å²) in [5, 5.41) is 3.19. The molecular formula is C27H35FN2O2S. The van der Waals surface area contributed by atoms with Gasteiger partial charge in [0.15, 0.2) is 0 Å². The third-order valence-corrected chi connectivity index (χ3v) is 7.31. The number of benzene rings is 2. The molecule has 0 heterocycles. The number of amides is 2. The number of halogens is 1. The van der Waals surface area contributed by atoms with Crippen LogP contribution in [0.1, 0.15) is 62.1 Å². The molecule has 0 aliphatic heterocycles. The van der Waals surface area contributed by atoms with Crippen molar-refractivity contribution in [2.24, 2.45) is 0 Å². The minimum Gasteiger partial charge on any atom is -0.352 e. The molecule has 4 nitrogen and oxygen atoms in total. The molecule has 33 heavy (non-hydrogen) atoms. The minimum absolute atomic E-state index is 0.0662. The van der Waals surface area contributed by atoms with Gasteiger partial charge in [-0.25, -0.2) is 4.39 Å². The number of hydrogen-bond acceptors (Lipinski definition) is 3. The first kappa shape index (κ1) is 25.3. The Kier molecular flexibility index (Phi) is 9.79. The molecule has 0 radical (unpaired) electrons. The van der Waals surface area contributed by atoms with E-state index in [-0.39, 0.29) is 23.7 Å². The first-order chi connectivity index (χ1) is 16.0. The molecule has 1 unspecified atom stereocenters. The van der Waals surface area contributed by atoms with Gasteiger partial charge in [0.2, 0.25) is 11.8 Å². The maximum Gasteiger partial charge on any atom is 0.243 e. The van der Waals surface area contributed by atoms with E-state index < -0.39 is 6.04 Å². The summed E-state index contributed by atoms with van der Waals surface area (Å²) in [6.07, 6.45) is 6.02. The van der Waals surface area contributed by atoms with Gasteiger partial charge in [0.25, 0.3) is 0 Å². The average molecular weight is 471 g/mol. The van der Waals surface area contributed by atoms with E-state index in [9.17, 15) is 14.0 Å². The molecule has 1 N–H and O–H groups in total. The second kappa shape index (κ2) is 12.8. The lowest BCUT2D eigenvalue weighted by atomic mass is 9.95. The molecular weight excluding hydrogens is 435 g/mol. The van der Waals surface area contributed by atoms with Crippen molar-refractivity contribution in [2.75, 3.05) is 5.75 Å². The lowest BCUT2D eigenvalue weighted by Gasteiger charge is -2.32. The van der Waals surface area contributed by atoms with E-state index in [1.54, 1.807) is 28.8 Å². The zero-order chi connectivity index (χ0) is 23.6. The van der Waals surface area contributed by atoms with E-state index in [1.165, 1.54) is 29.7 Å². The molecule has 2 aromatic carbocycles. The van der Waals surface area contributed by atoms with Crippen LogP contribution >= 0.6 is 11.8 Å². The number of carbonyl (C=O) groups excluding carboxylic acids is 2. The molecule has 2 aromatic rings. The van der Waals surface area contributed by atoms with E-state index in [4.69, 9.17) is 0 Å². The fourth-order valence-electron chi connectivity index (χ4n) is 4.35. The zero-order valence-electron chi connectivity index (χ0n) is 19.7. The summed E-state index contributed by atoms with van der Waals surface area (Å²) in [5.41, 5.74) is 3.24. The number of thioether (sulfide) groups is 1. The Labute approximate surface area is 201 Å². The van der Waals surface area contributed by atoms with Gasteiger partial charge in [-0.05, 0) is 55.0 Å². The van der Waals surface area contributed by atoms with Gasteiger partial charge in [0.1, 0.15) is 11.9 Å². The predicted octanol–water partition coefficient (Wildman–Crippen LogP) is 5.62. The Balaban J connectivity index is 1.70. The molecule has 0 aromatic heterocycles. The van der Waals surface area contributed by atoms with Crippen molar-refractivity contribution in [3.63, 3.8) is 0 Å². The van der Waals surface area contributed by atoms with E-state index in [2.05, 4.69) is 24.4 Å². The Hall–Kier alpha value is -2.34. The van der Waals surface area contributed by atoms with Crippen molar-refractivity contribution in [1.29, 1.82) is 0 Å². The maximum absolute atomic E-state index is 13.4. The summed E-state index contributed by atoms with van der Waals surface area (Å²) in [6, 6.07) is 14.0. The van der Waals surface area contributed by atoms with E-state index >= 15 is 0 Å². The number of rotatable bonds is 10. The number of hydrogen-bond donors (Lipinski definition) is 1. The molecule has 1 atom stereocenters. The van der Waals surface area contributed by atoms with Crippen molar-refractivity contribution in [3.8, 4) is 0 Å². The monoisotopic (exact) mass is 470 g/mol. The number of nitrogens with zero attached hydrogens (tertiary/aromatic N) is 1. The molecule has 1 aliphatic carbocycles. The van der Waals surface area contributed by atoms with Crippen LogP contribution in [0.15, 0.2) is 48.5 Å². The number of carbonyl (C=O) groups is 2. The van der Waals surface area contributed by atoms with Crippen molar-refractivity contribution >= 4 is 23.6 Å². The Morgan fingerprint density at radius 2 is 1.79 bits per heavy atom. The molecule has 1 fully saturated rings. The fraction of sp³-hybridized carbons (Fsp3) is 0.481. The standard InChI is InChI=1S/C27H35FN2O2S/c1-3-25(27(32)29-24-11-5-4-6-12-24)30(17-21-13-15-23(28)16-14-21)26(31)19-33-18-22-10-8-7-9-20(22)2/h7-10,13-16,24-25H,3-6,11-12,17-19H2,1-2H3,(H,29,32). The largest absolute Gasteiger partial charge is 0.352 e. The normalized spacial score (nSPS) is 15.1. The van der Waals surface area contributed by atoms with Gasteiger partial charge in [-0.1, -0.05) is 62.6 Å². The van der Waals surface area contributed by atoms with Gasteiger partial charge >= 0.3 is 0 Å². The van der Waals surface area contributed by atoms with Crippen LogP contribution in [0.3, 0.4) is 0 Å². The lowest BCUT2D eigenvalue weighted by molar-refractivity contribution is -0.139. The number of nitrogens with one attached hydrogen (secondary N) is 1.